The molecule has 1 aliphatic carbocycles. The highest BCUT2D eigenvalue weighted by atomic mass is 16.3. The van der Waals surface area contributed by atoms with E-state index in [2.05, 4.69) is 24.3 Å². The topological polar surface area (TPSA) is 33.4 Å². The first-order chi connectivity index (χ1) is 12.8. The molecule has 26 heavy (non-hydrogen) atoms. The molecule has 0 bridgehead atoms. The minimum absolute atomic E-state index is 0.312. The van der Waals surface area contributed by atoms with E-state index >= 15 is 0 Å². The van der Waals surface area contributed by atoms with Crippen LogP contribution in [0.5, 0.6) is 5.75 Å². The zero-order valence-electron chi connectivity index (χ0n) is 14.9. The highest BCUT2D eigenvalue weighted by Gasteiger charge is 2.15. The third kappa shape index (κ3) is 3.60. The standard InChI is InChI=1S/C24H24O2/c25-22-15-13-21(14-16-22)24(19-6-3-1-2-4-7-19)20-11-9-18(10-12-20)23-8-5-17-26-23/h5,8-17,25H,1-4,6-7H2. The van der Waals surface area contributed by atoms with E-state index in [0.29, 0.717) is 5.75 Å². The van der Waals surface area contributed by atoms with Gasteiger partial charge in [0, 0.05) is 5.56 Å². The third-order valence-corrected chi connectivity index (χ3v) is 5.20. The van der Waals surface area contributed by atoms with E-state index in [1.807, 2.05) is 24.3 Å². The Labute approximate surface area is 154 Å². The second-order valence-electron chi connectivity index (χ2n) is 6.99. The third-order valence-electron chi connectivity index (χ3n) is 5.20. The van der Waals surface area contributed by atoms with Crippen LogP contribution < -0.4 is 0 Å². The number of phenols is 1. The zero-order valence-corrected chi connectivity index (χ0v) is 14.9. The van der Waals surface area contributed by atoms with E-state index < -0.39 is 0 Å². The van der Waals surface area contributed by atoms with Crippen molar-refractivity contribution < 1.29 is 9.52 Å². The maximum absolute atomic E-state index is 9.68. The van der Waals surface area contributed by atoms with Gasteiger partial charge in [0.15, 0.2) is 0 Å². The molecule has 0 atom stereocenters. The lowest BCUT2D eigenvalue weighted by Gasteiger charge is -2.16. The fraction of sp³-hybridized carbons (Fsp3) is 0.250. The van der Waals surface area contributed by atoms with Gasteiger partial charge in [-0.25, -0.2) is 0 Å². The van der Waals surface area contributed by atoms with Gasteiger partial charge in [-0.3, -0.25) is 0 Å². The summed E-state index contributed by atoms with van der Waals surface area (Å²) in [4.78, 5) is 0. The van der Waals surface area contributed by atoms with Gasteiger partial charge in [-0.05, 0) is 66.6 Å². The van der Waals surface area contributed by atoms with Crippen molar-refractivity contribution in [1.82, 2.24) is 0 Å². The highest BCUT2D eigenvalue weighted by molar-refractivity contribution is 5.83. The molecule has 1 saturated carbocycles. The van der Waals surface area contributed by atoms with Crippen LogP contribution >= 0.6 is 0 Å². The lowest BCUT2D eigenvalue weighted by atomic mass is 9.89. The summed E-state index contributed by atoms with van der Waals surface area (Å²) >= 11 is 0. The number of benzene rings is 2. The molecule has 0 spiro atoms. The molecular formula is C24H24O2. The Morgan fingerprint density at radius 2 is 1.35 bits per heavy atom. The van der Waals surface area contributed by atoms with Crippen LogP contribution in [0.15, 0.2) is 76.9 Å². The molecule has 2 aromatic carbocycles. The van der Waals surface area contributed by atoms with Crippen LogP contribution in [0.25, 0.3) is 16.9 Å². The maximum Gasteiger partial charge on any atom is 0.133 e. The van der Waals surface area contributed by atoms with Crippen LogP contribution in [-0.4, -0.2) is 5.11 Å². The molecule has 1 aromatic heterocycles. The molecule has 0 unspecified atom stereocenters. The van der Waals surface area contributed by atoms with Gasteiger partial charge in [0.25, 0.3) is 0 Å². The number of phenolic OH excluding ortho intramolecular Hbond substituents is 1. The van der Waals surface area contributed by atoms with Gasteiger partial charge in [-0.2, -0.15) is 0 Å². The van der Waals surface area contributed by atoms with Crippen LogP contribution in [0.2, 0.25) is 0 Å². The Morgan fingerprint density at radius 3 is 1.92 bits per heavy atom. The molecule has 0 amide bonds. The van der Waals surface area contributed by atoms with Crippen LogP contribution in [0.3, 0.4) is 0 Å². The van der Waals surface area contributed by atoms with Gasteiger partial charge in [-0.1, -0.05) is 54.8 Å². The average Bonchev–Trinajstić information content (AvgIpc) is 3.08. The van der Waals surface area contributed by atoms with Crippen molar-refractivity contribution in [3.8, 4) is 17.1 Å². The second kappa shape index (κ2) is 7.65. The number of rotatable bonds is 3. The SMILES string of the molecule is Oc1ccc(C(=C2CCCCCC2)c2ccc(-c3ccco3)cc2)cc1. The van der Waals surface area contributed by atoms with Gasteiger partial charge in [-0.15, -0.1) is 0 Å². The normalized spacial score (nSPS) is 14.8. The first-order valence-corrected chi connectivity index (χ1v) is 9.47. The second-order valence-corrected chi connectivity index (χ2v) is 6.99. The van der Waals surface area contributed by atoms with Gasteiger partial charge in [0.05, 0.1) is 6.26 Å². The van der Waals surface area contributed by atoms with Crippen LogP contribution in [0, 0.1) is 0 Å². The fourth-order valence-corrected chi connectivity index (χ4v) is 3.85. The van der Waals surface area contributed by atoms with E-state index in [-0.39, 0.29) is 0 Å². The van der Waals surface area contributed by atoms with Gasteiger partial charge < -0.3 is 9.52 Å². The Hall–Kier alpha value is -2.74. The molecular weight excluding hydrogens is 320 g/mol. The molecule has 1 N–H and O–H groups in total. The molecule has 2 nitrogen and oxygen atoms in total. The zero-order chi connectivity index (χ0) is 17.8. The van der Waals surface area contributed by atoms with Crippen molar-refractivity contribution in [3.63, 3.8) is 0 Å². The van der Waals surface area contributed by atoms with Crippen LogP contribution in [0.4, 0.5) is 0 Å². The lowest BCUT2D eigenvalue weighted by molar-refractivity contribution is 0.475. The largest absolute Gasteiger partial charge is 0.508 e. The molecule has 1 fully saturated rings. The van der Waals surface area contributed by atoms with E-state index in [0.717, 1.165) is 24.2 Å². The first-order valence-electron chi connectivity index (χ1n) is 9.47. The molecule has 0 saturated heterocycles. The van der Waals surface area contributed by atoms with Crippen molar-refractivity contribution in [2.75, 3.05) is 0 Å². The minimum atomic E-state index is 0.312. The molecule has 0 aliphatic heterocycles. The fourth-order valence-electron chi connectivity index (χ4n) is 3.85. The quantitative estimate of drug-likeness (QED) is 0.529. The maximum atomic E-state index is 9.68. The summed E-state index contributed by atoms with van der Waals surface area (Å²) in [6, 6.07) is 20.2. The summed E-state index contributed by atoms with van der Waals surface area (Å²) in [6.45, 7) is 0. The highest BCUT2D eigenvalue weighted by Crippen LogP contribution is 2.35. The van der Waals surface area contributed by atoms with Crippen molar-refractivity contribution in [3.05, 3.63) is 83.6 Å². The molecule has 1 heterocycles. The molecule has 0 radical (unpaired) electrons. The van der Waals surface area contributed by atoms with Crippen LogP contribution in [-0.2, 0) is 0 Å². The predicted octanol–water partition coefficient (Wildman–Crippen LogP) is 6.81. The van der Waals surface area contributed by atoms with Crippen LogP contribution in [0.1, 0.15) is 49.7 Å². The Bertz CT molecular complexity index is 859. The Morgan fingerprint density at radius 1 is 0.731 bits per heavy atom. The summed E-state index contributed by atoms with van der Waals surface area (Å²) in [5.41, 5.74) is 6.39. The van der Waals surface area contributed by atoms with E-state index in [1.165, 1.54) is 42.4 Å². The molecule has 1 aliphatic rings. The number of allylic oxidation sites excluding steroid dienone is 1. The summed E-state index contributed by atoms with van der Waals surface area (Å²) in [5, 5.41) is 9.68. The van der Waals surface area contributed by atoms with Crippen molar-refractivity contribution in [2.45, 2.75) is 38.5 Å². The van der Waals surface area contributed by atoms with Crippen molar-refractivity contribution in [2.24, 2.45) is 0 Å². The number of hydrogen-bond acceptors (Lipinski definition) is 2. The molecule has 132 valence electrons. The van der Waals surface area contributed by atoms with E-state index in [4.69, 9.17) is 4.42 Å². The number of aromatic hydroxyl groups is 1. The summed E-state index contributed by atoms with van der Waals surface area (Å²) < 4.78 is 5.51. The van der Waals surface area contributed by atoms with Crippen molar-refractivity contribution in [1.29, 1.82) is 0 Å². The van der Waals surface area contributed by atoms with Gasteiger partial charge in [0.1, 0.15) is 11.5 Å². The van der Waals surface area contributed by atoms with Crippen molar-refractivity contribution >= 4 is 5.57 Å². The van der Waals surface area contributed by atoms with E-state index in [1.54, 1.807) is 24.0 Å². The van der Waals surface area contributed by atoms with E-state index in [9.17, 15) is 5.11 Å². The molecule has 4 rings (SSSR count). The van der Waals surface area contributed by atoms with Gasteiger partial charge >= 0.3 is 0 Å². The Kier molecular flexibility index (Phi) is 4.92. The summed E-state index contributed by atoms with van der Waals surface area (Å²) in [6.07, 6.45) is 9.21. The lowest BCUT2D eigenvalue weighted by Crippen LogP contribution is -1.95. The summed E-state index contributed by atoms with van der Waals surface area (Å²) in [7, 11) is 0. The average molecular weight is 344 g/mol. The Balaban J connectivity index is 1.77. The number of hydrogen-bond donors (Lipinski definition) is 1. The smallest absolute Gasteiger partial charge is 0.133 e. The first kappa shape index (κ1) is 16.7. The predicted molar refractivity (Wildman–Crippen MR) is 106 cm³/mol. The molecule has 3 aromatic rings. The molecule has 2 heteroatoms. The van der Waals surface area contributed by atoms with Gasteiger partial charge in [0.2, 0.25) is 0 Å². The number of furan rings is 1. The minimum Gasteiger partial charge on any atom is -0.508 e. The monoisotopic (exact) mass is 344 g/mol. The summed E-state index contributed by atoms with van der Waals surface area (Å²) in [5.74, 6) is 1.21.